The van der Waals surface area contributed by atoms with Gasteiger partial charge < -0.3 is 20.1 Å². The first-order chi connectivity index (χ1) is 16.9. The summed E-state index contributed by atoms with van der Waals surface area (Å²) in [6, 6.07) is 19.1. The van der Waals surface area contributed by atoms with Crippen molar-refractivity contribution in [2.24, 2.45) is 5.10 Å². The topological polar surface area (TPSA) is 118 Å². The zero-order chi connectivity index (χ0) is 25.2. The van der Waals surface area contributed by atoms with Crippen LogP contribution in [0.3, 0.4) is 0 Å². The van der Waals surface area contributed by atoms with E-state index in [1.165, 1.54) is 19.4 Å². The summed E-state index contributed by atoms with van der Waals surface area (Å²) in [5, 5.41) is 9.18. The summed E-state index contributed by atoms with van der Waals surface area (Å²) in [4.78, 5) is 36.2. The number of hydrogen-bond acceptors (Lipinski definition) is 6. The van der Waals surface area contributed by atoms with E-state index >= 15 is 0 Å². The number of para-hydroxylation sites is 2. The standard InChI is InChI=1S/C25H23ClN4O5/c1-16-8-6-7-11-20(16)29-24(32)25(33)30-27-14-17-12-19(26)23(21(13-17)34-2)35-15-22(31)28-18-9-4-3-5-10-18/h3-14H,15H2,1-2H3,(H,28,31)(H,29,32)(H,30,33)/b27-14-. The van der Waals surface area contributed by atoms with Crippen molar-refractivity contribution < 1.29 is 23.9 Å². The van der Waals surface area contributed by atoms with E-state index in [9.17, 15) is 14.4 Å². The van der Waals surface area contributed by atoms with Gasteiger partial charge in [0.1, 0.15) is 0 Å². The molecule has 9 nitrogen and oxygen atoms in total. The molecule has 0 aromatic heterocycles. The average molecular weight is 495 g/mol. The van der Waals surface area contributed by atoms with Crippen LogP contribution in [0.4, 0.5) is 11.4 Å². The Hall–Kier alpha value is -4.37. The maximum absolute atomic E-state index is 12.1. The van der Waals surface area contributed by atoms with Gasteiger partial charge in [-0.05, 0) is 48.4 Å². The quantitative estimate of drug-likeness (QED) is 0.250. The van der Waals surface area contributed by atoms with E-state index < -0.39 is 11.8 Å². The Morgan fingerprint density at radius 2 is 1.69 bits per heavy atom. The molecular weight excluding hydrogens is 472 g/mol. The van der Waals surface area contributed by atoms with Gasteiger partial charge in [0.05, 0.1) is 18.3 Å². The first-order valence-electron chi connectivity index (χ1n) is 10.4. The number of hydrazone groups is 1. The zero-order valence-electron chi connectivity index (χ0n) is 19.0. The zero-order valence-corrected chi connectivity index (χ0v) is 19.8. The van der Waals surface area contributed by atoms with Crippen LogP contribution in [0.15, 0.2) is 71.8 Å². The molecular formula is C25H23ClN4O5. The fraction of sp³-hybridized carbons (Fsp3) is 0.120. The number of nitrogens with one attached hydrogen (secondary N) is 3. The molecule has 3 rings (SSSR count). The Morgan fingerprint density at radius 1 is 0.971 bits per heavy atom. The summed E-state index contributed by atoms with van der Waals surface area (Å²) >= 11 is 6.30. The molecule has 0 fully saturated rings. The van der Waals surface area contributed by atoms with Gasteiger partial charge in [-0.25, -0.2) is 5.43 Å². The molecule has 0 aliphatic rings. The number of anilines is 2. The molecule has 3 aromatic rings. The highest BCUT2D eigenvalue weighted by molar-refractivity contribution is 6.39. The van der Waals surface area contributed by atoms with Crippen molar-refractivity contribution in [3.05, 3.63) is 82.9 Å². The highest BCUT2D eigenvalue weighted by atomic mass is 35.5. The van der Waals surface area contributed by atoms with Crippen LogP contribution < -0.4 is 25.5 Å². The van der Waals surface area contributed by atoms with Crippen LogP contribution in [0.5, 0.6) is 11.5 Å². The molecule has 0 aliphatic carbocycles. The number of benzene rings is 3. The van der Waals surface area contributed by atoms with Gasteiger partial charge in [0.2, 0.25) is 0 Å². The minimum atomic E-state index is -0.938. The van der Waals surface area contributed by atoms with Gasteiger partial charge in [-0.3, -0.25) is 14.4 Å². The van der Waals surface area contributed by atoms with Crippen molar-refractivity contribution >= 4 is 46.9 Å². The van der Waals surface area contributed by atoms with Crippen molar-refractivity contribution in [1.82, 2.24) is 5.43 Å². The number of hydrogen-bond donors (Lipinski definition) is 3. The molecule has 0 saturated heterocycles. The number of methoxy groups -OCH3 is 1. The Bertz CT molecular complexity index is 1250. The van der Waals surface area contributed by atoms with Crippen molar-refractivity contribution in [3.63, 3.8) is 0 Å². The van der Waals surface area contributed by atoms with Gasteiger partial charge in [0, 0.05) is 11.4 Å². The third-order valence-electron chi connectivity index (χ3n) is 4.64. The molecule has 0 saturated carbocycles. The highest BCUT2D eigenvalue weighted by Crippen LogP contribution is 2.36. The molecule has 0 heterocycles. The van der Waals surface area contributed by atoms with Crippen molar-refractivity contribution in [3.8, 4) is 11.5 Å². The van der Waals surface area contributed by atoms with E-state index in [1.54, 1.807) is 42.5 Å². The normalized spacial score (nSPS) is 10.5. The van der Waals surface area contributed by atoms with Gasteiger partial charge in [-0.1, -0.05) is 48.0 Å². The number of carbonyl (C=O) groups excluding carboxylic acids is 3. The summed E-state index contributed by atoms with van der Waals surface area (Å²) in [6.07, 6.45) is 1.29. The molecule has 0 unspecified atom stereocenters. The fourth-order valence-electron chi connectivity index (χ4n) is 2.92. The van der Waals surface area contributed by atoms with Gasteiger partial charge in [0.25, 0.3) is 5.91 Å². The van der Waals surface area contributed by atoms with Gasteiger partial charge in [-0.15, -0.1) is 0 Å². The van der Waals surface area contributed by atoms with E-state index in [0.717, 1.165) is 5.56 Å². The Morgan fingerprint density at radius 3 is 2.40 bits per heavy atom. The van der Waals surface area contributed by atoms with Gasteiger partial charge in [-0.2, -0.15) is 5.10 Å². The van der Waals surface area contributed by atoms with E-state index in [2.05, 4.69) is 21.2 Å². The van der Waals surface area contributed by atoms with E-state index in [4.69, 9.17) is 21.1 Å². The van der Waals surface area contributed by atoms with Gasteiger partial charge in [0.15, 0.2) is 18.1 Å². The minimum Gasteiger partial charge on any atom is -0.493 e. The Labute approximate surface area is 207 Å². The summed E-state index contributed by atoms with van der Waals surface area (Å²) in [7, 11) is 1.42. The molecule has 35 heavy (non-hydrogen) atoms. The summed E-state index contributed by atoms with van der Waals surface area (Å²) in [5.74, 6) is -1.73. The lowest BCUT2D eigenvalue weighted by atomic mass is 10.2. The number of aryl methyl sites for hydroxylation is 1. The number of halogens is 1. The molecule has 3 N–H and O–H groups in total. The Balaban J connectivity index is 1.58. The third-order valence-corrected chi connectivity index (χ3v) is 4.92. The smallest absolute Gasteiger partial charge is 0.329 e. The van der Waals surface area contributed by atoms with Crippen LogP contribution in [0, 0.1) is 6.92 Å². The highest BCUT2D eigenvalue weighted by Gasteiger charge is 2.15. The first-order valence-corrected chi connectivity index (χ1v) is 10.8. The monoisotopic (exact) mass is 494 g/mol. The molecule has 0 spiro atoms. The van der Waals surface area contributed by atoms with Crippen LogP contribution >= 0.6 is 11.6 Å². The maximum atomic E-state index is 12.1. The average Bonchev–Trinajstić information content (AvgIpc) is 2.85. The van der Waals surface area contributed by atoms with E-state index in [-0.39, 0.29) is 29.0 Å². The lowest BCUT2D eigenvalue weighted by molar-refractivity contribution is -0.136. The van der Waals surface area contributed by atoms with Crippen molar-refractivity contribution in [1.29, 1.82) is 0 Å². The number of nitrogens with zero attached hydrogens (tertiary/aromatic N) is 1. The summed E-state index contributed by atoms with van der Waals surface area (Å²) < 4.78 is 10.9. The number of rotatable bonds is 8. The van der Waals surface area contributed by atoms with Crippen molar-refractivity contribution in [2.75, 3.05) is 24.4 Å². The predicted octanol–water partition coefficient (Wildman–Crippen LogP) is 3.76. The second-order valence-corrected chi connectivity index (χ2v) is 7.61. The van der Waals surface area contributed by atoms with Crippen LogP contribution in [-0.4, -0.2) is 37.7 Å². The summed E-state index contributed by atoms with van der Waals surface area (Å²) in [6.45, 7) is 1.52. The third kappa shape index (κ3) is 7.31. The van der Waals surface area contributed by atoms with Crippen LogP contribution in [0.1, 0.15) is 11.1 Å². The number of ether oxygens (including phenoxy) is 2. The maximum Gasteiger partial charge on any atom is 0.329 e. The lowest BCUT2D eigenvalue weighted by Crippen LogP contribution is -2.32. The second-order valence-electron chi connectivity index (χ2n) is 7.21. The minimum absolute atomic E-state index is 0.168. The number of carbonyl (C=O) groups is 3. The predicted molar refractivity (Wildman–Crippen MR) is 134 cm³/mol. The van der Waals surface area contributed by atoms with Crippen molar-refractivity contribution in [2.45, 2.75) is 6.92 Å². The molecule has 0 bridgehead atoms. The SMILES string of the molecule is COc1cc(/C=N\NC(=O)C(=O)Nc2ccccc2C)cc(Cl)c1OCC(=O)Nc1ccccc1. The van der Waals surface area contributed by atoms with Gasteiger partial charge >= 0.3 is 11.8 Å². The molecule has 0 atom stereocenters. The first kappa shape index (κ1) is 25.3. The Kier molecular flexibility index (Phi) is 8.80. The molecule has 3 amide bonds. The summed E-state index contributed by atoms with van der Waals surface area (Å²) in [5.41, 5.74) is 4.61. The number of amides is 3. The van der Waals surface area contributed by atoms with E-state index in [0.29, 0.717) is 16.9 Å². The second kappa shape index (κ2) is 12.2. The van der Waals surface area contributed by atoms with Crippen LogP contribution in [0.2, 0.25) is 5.02 Å². The van der Waals surface area contributed by atoms with E-state index in [1.807, 2.05) is 25.1 Å². The lowest BCUT2D eigenvalue weighted by Gasteiger charge is -2.13. The molecule has 180 valence electrons. The fourth-order valence-corrected chi connectivity index (χ4v) is 3.19. The molecule has 3 aromatic carbocycles. The molecule has 10 heteroatoms. The van der Waals surface area contributed by atoms with Crippen LogP contribution in [0.25, 0.3) is 0 Å². The molecule has 0 radical (unpaired) electrons. The van der Waals surface area contributed by atoms with Crippen LogP contribution in [-0.2, 0) is 14.4 Å². The largest absolute Gasteiger partial charge is 0.493 e. The molecule has 0 aliphatic heterocycles.